The van der Waals surface area contributed by atoms with Gasteiger partial charge in [0.25, 0.3) is 0 Å². The molecule has 1 fully saturated rings. The monoisotopic (exact) mass is 689 g/mol. The third-order valence-corrected chi connectivity index (χ3v) is 10.1. The first kappa shape index (κ1) is 35.3. The molecular weight excluding hydrogens is 651 g/mol. The summed E-state index contributed by atoms with van der Waals surface area (Å²) < 4.78 is 51.6. The second-order valence-electron chi connectivity index (χ2n) is 12.7. The highest BCUT2D eigenvalue weighted by molar-refractivity contribution is 7.70. The van der Waals surface area contributed by atoms with Crippen molar-refractivity contribution in [2.45, 2.75) is 39.7 Å². The third kappa shape index (κ3) is 6.70. The van der Waals surface area contributed by atoms with Crippen LogP contribution in [0.1, 0.15) is 37.8 Å². The van der Waals surface area contributed by atoms with Gasteiger partial charge >= 0.3 is 11.7 Å². The van der Waals surface area contributed by atoms with E-state index in [9.17, 15) is 18.9 Å². The van der Waals surface area contributed by atoms with Crippen molar-refractivity contribution in [2.75, 3.05) is 37.9 Å². The maximum atomic E-state index is 16.3. The van der Waals surface area contributed by atoms with Crippen molar-refractivity contribution in [1.29, 1.82) is 0 Å². The standard InChI is InChI=1S/C36H38F2N5O5P/c1-9-29(44)41-14-15-42(22(6)19-41)34-25-18-27(38)32(31-26(37)12-11-13-28(31)48-30(45)10-2)39-35(25)43(36(46)40-34)33-21(5)16-23(49(7,8)47)17-24(33)20(3)4/h9-13,16-18,20,22H,1-2,14-15,19H2,3-8H3. The predicted molar refractivity (Wildman–Crippen MR) is 188 cm³/mol. The summed E-state index contributed by atoms with van der Waals surface area (Å²) in [7, 11) is -2.71. The first-order chi connectivity index (χ1) is 23.1. The average molecular weight is 690 g/mol. The normalized spacial score (nSPS) is 15.1. The van der Waals surface area contributed by atoms with E-state index in [1.54, 1.807) is 37.3 Å². The Hall–Kier alpha value is -4.96. The molecule has 3 heterocycles. The molecule has 5 rings (SSSR count). The zero-order chi connectivity index (χ0) is 35.9. The van der Waals surface area contributed by atoms with E-state index in [-0.39, 0.29) is 47.0 Å². The van der Waals surface area contributed by atoms with E-state index < -0.39 is 41.7 Å². The maximum Gasteiger partial charge on any atom is 0.355 e. The zero-order valence-corrected chi connectivity index (χ0v) is 29.2. The number of nitrogens with zero attached hydrogens (tertiary/aromatic N) is 5. The molecule has 1 unspecified atom stereocenters. The third-order valence-electron chi connectivity index (χ3n) is 8.56. The second-order valence-corrected chi connectivity index (χ2v) is 15.9. The fraction of sp³-hybridized carbons (Fsp3) is 0.306. The number of ether oxygens (including phenoxy) is 1. The Kier molecular flexibility index (Phi) is 9.75. The number of pyridine rings is 1. The van der Waals surface area contributed by atoms with E-state index in [0.717, 1.165) is 18.2 Å². The fourth-order valence-corrected chi connectivity index (χ4v) is 7.07. The van der Waals surface area contributed by atoms with E-state index >= 15 is 8.78 Å². The summed E-state index contributed by atoms with van der Waals surface area (Å²) in [4.78, 5) is 51.3. The molecule has 1 amide bonds. The van der Waals surface area contributed by atoms with Gasteiger partial charge in [0.05, 0.1) is 16.6 Å². The molecule has 0 aliphatic carbocycles. The van der Waals surface area contributed by atoms with Crippen LogP contribution >= 0.6 is 7.14 Å². The highest BCUT2D eigenvalue weighted by atomic mass is 31.2. The Morgan fingerprint density at radius 2 is 1.78 bits per heavy atom. The lowest BCUT2D eigenvalue weighted by molar-refractivity contribution is -0.129. The summed E-state index contributed by atoms with van der Waals surface area (Å²) in [6, 6.07) is 8.04. The topological polar surface area (TPSA) is 115 Å². The highest BCUT2D eigenvalue weighted by Gasteiger charge is 2.31. The van der Waals surface area contributed by atoms with E-state index in [2.05, 4.69) is 23.1 Å². The molecule has 0 N–H and O–H groups in total. The van der Waals surface area contributed by atoms with Crippen molar-refractivity contribution in [2.24, 2.45) is 0 Å². The molecule has 4 aromatic rings. The fourth-order valence-electron chi connectivity index (χ4n) is 6.12. The molecule has 1 atom stereocenters. The van der Waals surface area contributed by atoms with Gasteiger partial charge < -0.3 is 19.1 Å². The second kappa shape index (κ2) is 13.5. The lowest BCUT2D eigenvalue weighted by Crippen LogP contribution is -2.54. The number of anilines is 1. The molecular formula is C36H38F2N5O5P. The molecule has 2 aromatic carbocycles. The van der Waals surface area contributed by atoms with Crippen molar-refractivity contribution in [3.8, 4) is 22.7 Å². The number of halogens is 2. The number of carbonyl (C=O) groups is 2. The maximum absolute atomic E-state index is 16.3. The Morgan fingerprint density at radius 3 is 2.39 bits per heavy atom. The number of hydrogen-bond donors (Lipinski definition) is 0. The van der Waals surface area contributed by atoms with E-state index in [1.165, 1.54) is 22.8 Å². The number of benzene rings is 2. The van der Waals surface area contributed by atoms with Gasteiger partial charge in [0.1, 0.15) is 30.2 Å². The molecule has 49 heavy (non-hydrogen) atoms. The van der Waals surface area contributed by atoms with E-state index in [1.807, 2.05) is 25.7 Å². The van der Waals surface area contributed by atoms with Crippen molar-refractivity contribution >= 4 is 41.2 Å². The van der Waals surface area contributed by atoms with E-state index in [0.29, 0.717) is 35.2 Å². The van der Waals surface area contributed by atoms with Gasteiger partial charge in [0.15, 0.2) is 11.5 Å². The molecule has 0 radical (unpaired) electrons. The number of aryl methyl sites for hydroxylation is 1. The van der Waals surface area contributed by atoms with Crippen LogP contribution < -0.4 is 20.6 Å². The van der Waals surface area contributed by atoms with Crippen LogP contribution in [0.4, 0.5) is 14.6 Å². The number of esters is 1. The number of fused-ring (bicyclic) bond motifs is 1. The van der Waals surface area contributed by atoms with Crippen LogP contribution in [0.3, 0.4) is 0 Å². The first-order valence-electron chi connectivity index (χ1n) is 15.7. The average Bonchev–Trinajstić information content (AvgIpc) is 3.04. The number of amides is 1. The number of aromatic nitrogens is 3. The highest BCUT2D eigenvalue weighted by Crippen LogP contribution is 2.40. The Morgan fingerprint density at radius 1 is 1.06 bits per heavy atom. The quantitative estimate of drug-likeness (QED) is 0.1000. The lowest BCUT2D eigenvalue weighted by atomic mass is 9.97. The largest absolute Gasteiger partial charge is 0.423 e. The first-order valence-corrected chi connectivity index (χ1v) is 18.3. The van der Waals surface area contributed by atoms with Crippen LogP contribution in [0.2, 0.25) is 0 Å². The number of rotatable bonds is 8. The van der Waals surface area contributed by atoms with Crippen LogP contribution in [0.5, 0.6) is 5.75 Å². The Balaban J connectivity index is 1.88. The van der Waals surface area contributed by atoms with Crippen LogP contribution in [0, 0.1) is 18.6 Å². The van der Waals surface area contributed by atoms with Crippen LogP contribution in [-0.4, -0.2) is 70.3 Å². The lowest BCUT2D eigenvalue weighted by Gasteiger charge is -2.40. The van der Waals surface area contributed by atoms with Gasteiger partial charge in [0, 0.05) is 37.1 Å². The molecule has 0 saturated carbocycles. The molecule has 2 aromatic heterocycles. The zero-order valence-electron chi connectivity index (χ0n) is 28.3. The minimum Gasteiger partial charge on any atom is -0.423 e. The summed E-state index contributed by atoms with van der Waals surface area (Å²) in [5.74, 6) is -3.30. The van der Waals surface area contributed by atoms with Crippen LogP contribution in [0.25, 0.3) is 28.0 Å². The molecule has 1 aliphatic heterocycles. The summed E-state index contributed by atoms with van der Waals surface area (Å²) in [5, 5.41) is 0.784. The van der Waals surface area contributed by atoms with Gasteiger partial charge in [-0.05, 0) is 80.6 Å². The molecule has 0 bridgehead atoms. The van der Waals surface area contributed by atoms with E-state index in [4.69, 9.17) is 4.74 Å². The summed E-state index contributed by atoms with van der Waals surface area (Å²) in [6.07, 6.45) is 2.13. The summed E-state index contributed by atoms with van der Waals surface area (Å²) in [6.45, 7) is 18.6. The molecule has 1 aliphatic rings. The molecule has 0 spiro atoms. The molecule has 10 nitrogen and oxygen atoms in total. The van der Waals surface area contributed by atoms with Gasteiger partial charge in [-0.1, -0.05) is 33.1 Å². The van der Waals surface area contributed by atoms with Crippen molar-refractivity contribution in [3.05, 3.63) is 95.0 Å². The van der Waals surface area contributed by atoms with Gasteiger partial charge in [-0.3, -0.25) is 4.79 Å². The van der Waals surface area contributed by atoms with Crippen molar-refractivity contribution < 1.29 is 27.7 Å². The van der Waals surface area contributed by atoms with Crippen LogP contribution in [0.15, 0.2) is 66.5 Å². The smallest absolute Gasteiger partial charge is 0.355 e. The van der Waals surface area contributed by atoms with Gasteiger partial charge in [0.2, 0.25) is 5.91 Å². The van der Waals surface area contributed by atoms with Crippen LogP contribution in [-0.2, 0) is 14.2 Å². The molecule has 1 saturated heterocycles. The van der Waals surface area contributed by atoms with Crippen molar-refractivity contribution in [1.82, 2.24) is 19.4 Å². The number of carbonyl (C=O) groups excluding carboxylic acids is 2. The Labute approximate surface area is 283 Å². The van der Waals surface area contributed by atoms with Gasteiger partial charge in [-0.2, -0.15) is 4.98 Å². The Bertz CT molecular complexity index is 2140. The molecule has 13 heteroatoms. The SMILES string of the molecule is C=CC(=O)Oc1cccc(F)c1-c1nc2c(cc1F)c(N1CCN(C(=O)C=C)CC1C)nc(=O)n2-c1c(C)cc(P(C)(C)=O)cc1C(C)C. The van der Waals surface area contributed by atoms with Gasteiger partial charge in [-0.25, -0.2) is 27.9 Å². The minimum atomic E-state index is -2.71. The minimum absolute atomic E-state index is 0.0265. The number of piperazine rings is 1. The molecule has 256 valence electrons. The predicted octanol–water partition coefficient (Wildman–Crippen LogP) is 5.72. The van der Waals surface area contributed by atoms with Crippen molar-refractivity contribution in [3.63, 3.8) is 0 Å². The summed E-state index contributed by atoms with van der Waals surface area (Å²) in [5.41, 5.74) is 0.0323. The summed E-state index contributed by atoms with van der Waals surface area (Å²) >= 11 is 0. The number of hydrogen-bond acceptors (Lipinski definition) is 8. The van der Waals surface area contributed by atoms with Gasteiger partial charge in [-0.15, -0.1) is 0 Å².